The van der Waals surface area contributed by atoms with Crippen molar-refractivity contribution in [2.75, 3.05) is 0 Å². The third-order valence-electron chi connectivity index (χ3n) is 0.399. The van der Waals surface area contributed by atoms with Crippen molar-refractivity contribution < 1.29 is 31.4 Å². The van der Waals surface area contributed by atoms with E-state index >= 15 is 0 Å². The van der Waals surface area contributed by atoms with Gasteiger partial charge in [-0.25, -0.2) is 0 Å². The van der Waals surface area contributed by atoms with E-state index in [1.807, 2.05) is 0 Å². The fourth-order valence-corrected chi connectivity index (χ4v) is 0.209. The molecule has 0 saturated heterocycles. The van der Waals surface area contributed by atoms with Gasteiger partial charge in [0.25, 0.3) is 6.26 Å². The summed E-state index contributed by atoms with van der Waals surface area (Å²) in [5, 5.41) is 7.40. The minimum atomic E-state index is -5.54. The van der Waals surface area contributed by atoms with Crippen LogP contribution in [0.15, 0.2) is 0 Å². The average molecular weight is 177 g/mol. The molecule has 0 heterocycles. The van der Waals surface area contributed by atoms with Crippen molar-refractivity contribution in [2.24, 2.45) is 0 Å². The Morgan fingerprint density at radius 1 is 1.09 bits per heavy atom. The molecule has 0 saturated carbocycles. The fourth-order valence-electron chi connectivity index (χ4n) is 0.209. The molecule has 0 N–H and O–H groups in total. The van der Waals surface area contributed by atoms with E-state index in [0.717, 1.165) is 0 Å². The van der Waals surface area contributed by atoms with Gasteiger partial charge in [0.2, 0.25) is 0 Å². The Morgan fingerprint density at radius 3 is 1.82 bits per heavy atom. The molecule has 0 amide bonds. The molecule has 0 bridgehead atoms. The van der Waals surface area contributed by atoms with Crippen LogP contribution in [0.5, 0.6) is 0 Å². The maximum atomic E-state index is 11.5. The number of halogens is 5. The first-order valence-corrected chi connectivity index (χ1v) is 1.99. The second kappa shape index (κ2) is 2.87. The summed E-state index contributed by atoms with van der Waals surface area (Å²) in [5.41, 5.74) is 0. The minimum absolute atomic E-state index is 0.356. The van der Waals surface area contributed by atoms with Crippen LogP contribution in [0.4, 0.5) is 22.0 Å². The Morgan fingerprint density at radius 2 is 1.55 bits per heavy atom. The first-order chi connectivity index (χ1) is 4.77. The van der Waals surface area contributed by atoms with Crippen LogP contribution in [0, 0.1) is 11.5 Å². The van der Waals surface area contributed by atoms with Crippen LogP contribution in [0.3, 0.4) is 0 Å². The van der Waals surface area contributed by atoms with E-state index in [1.54, 1.807) is 0 Å². The lowest BCUT2D eigenvalue weighted by atomic mass is 11.1. The molecule has 3 nitrogen and oxygen atoms in total. The van der Waals surface area contributed by atoms with Crippen LogP contribution >= 0.6 is 0 Å². The number of ether oxygens (including phenoxy) is 2. The number of hydrogen-bond donors (Lipinski definition) is 0. The van der Waals surface area contributed by atoms with E-state index in [9.17, 15) is 22.0 Å². The second-order valence-corrected chi connectivity index (χ2v) is 1.20. The molecule has 0 rings (SSSR count). The van der Waals surface area contributed by atoms with Crippen molar-refractivity contribution in [3.05, 3.63) is 0 Å². The first-order valence-electron chi connectivity index (χ1n) is 1.99. The van der Waals surface area contributed by atoms with Gasteiger partial charge >= 0.3 is 12.7 Å². The van der Waals surface area contributed by atoms with Crippen LogP contribution in [0.2, 0.25) is 0 Å². The van der Waals surface area contributed by atoms with Gasteiger partial charge in [-0.15, -0.1) is 27.2 Å². The van der Waals surface area contributed by atoms with Crippen LogP contribution in [-0.4, -0.2) is 12.7 Å². The van der Waals surface area contributed by atoms with Crippen LogP contribution < -0.4 is 0 Å². The van der Waals surface area contributed by atoms with Crippen LogP contribution in [0.1, 0.15) is 0 Å². The molecule has 0 fully saturated rings. The summed E-state index contributed by atoms with van der Waals surface area (Å²) in [7, 11) is 0. The molecular weight excluding hydrogens is 177 g/mol. The molecule has 0 aliphatic carbocycles. The molecule has 0 spiro atoms. The first kappa shape index (κ1) is 9.90. The third kappa shape index (κ3) is 5.35. The van der Waals surface area contributed by atoms with Crippen molar-refractivity contribution in [3.63, 3.8) is 0 Å². The zero-order valence-electron chi connectivity index (χ0n) is 4.65. The Hall–Kier alpha value is -1.10. The summed E-state index contributed by atoms with van der Waals surface area (Å²) in [6.07, 6.45) is -10.1. The van der Waals surface area contributed by atoms with Gasteiger partial charge < -0.3 is 4.74 Å². The molecule has 0 aromatic carbocycles. The maximum Gasteiger partial charge on any atom is 0.551 e. The average Bonchev–Trinajstić information content (AvgIpc) is 1.55. The normalized spacial score (nSPS) is 12.4. The Labute approximate surface area is 56.9 Å². The highest BCUT2D eigenvalue weighted by Gasteiger charge is 2.47. The summed E-state index contributed by atoms with van der Waals surface area (Å²) in [6, 6.07) is 0. The van der Waals surface area contributed by atoms with E-state index in [4.69, 9.17) is 5.26 Å². The highest BCUT2D eigenvalue weighted by atomic mass is 19.4. The van der Waals surface area contributed by atoms with Crippen LogP contribution in [-0.2, 0) is 9.47 Å². The van der Waals surface area contributed by atoms with Gasteiger partial charge in [0.15, 0.2) is 0 Å². The van der Waals surface area contributed by atoms with Gasteiger partial charge in [0.05, 0.1) is 0 Å². The van der Waals surface area contributed by atoms with Gasteiger partial charge in [-0.1, -0.05) is 0 Å². The van der Waals surface area contributed by atoms with Gasteiger partial charge in [-0.2, -0.15) is 4.74 Å². The van der Waals surface area contributed by atoms with Crippen molar-refractivity contribution >= 4 is 0 Å². The van der Waals surface area contributed by atoms with E-state index < -0.39 is 12.7 Å². The quantitative estimate of drug-likeness (QED) is 0.365. The summed E-state index contributed by atoms with van der Waals surface area (Å²) in [5.74, 6) is 0. The monoisotopic (exact) mass is 177 g/mol. The summed E-state index contributed by atoms with van der Waals surface area (Å²) in [4.78, 5) is 0. The number of hydrogen-bond acceptors (Lipinski definition) is 3. The van der Waals surface area contributed by atoms with Gasteiger partial charge in [0, 0.05) is 0 Å². The number of alkyl halides is 5. The molecule has 0 aliphatic rings. The fraction of sp³-hybridized carbons (Fsp3) is 0.667. The number of nitriles is 1. The lowest BCUT2D eigenvalue weighted by Gasteiger charge is -2.13. The minimum Gasteiger partial charge on any atom is -0.334 e. The van der Waals surface area contributed by atoms with E-state index in [0.29, 0.717) is 6.26 Å². The molecule has 0 unspecified atom stereocenters. The van der Waals surface area contributed by atoms with E-state index in [-0.39, 0.29) is 0 Å². The molecule has 0 atom stereocenters. The summed E-state index contributed by atoms with van der Waals surface area (Å²) in [6.45, 7) is 0. The van der Waals surface area contributed by atoms with Crippen molar-refractivity contribution in [1.29, 1.82) is 5.26 Å². The van der Waals surface area contributed by atoms with Crippen LogP contribution in [0.25, 0.3) is 0 Å². The highest BCUT2D eigenvalue weighted by molar-refractivity contribution is 4.50. The predicted molar refractivity (Wildman–Crippen MR) is 18.8 cm³/mol. The largest absolute Gasteiger partial charge is 0.551 e. The molecule has 0 aromatic heterocycles. The van der Waals surface area contributed by atoms with Gasteiger partial charge in [-0.05, 0) is 0 Å². The predicted octanol–water partition coefficient (Wildman–Crippen LogP) is 1.57. The van der Waals surface area contributed by atoms with Crippen molar-refractivity contribution in [1.82, 2.24) is 0 Å². The topological polar surface area (TPSA) is 42.2 Å². The maximum absolute atomic E-state index is 11.5. The molecular formula is C3F5NO2. The molecule has 0 aliphatic heterocycles. The van der Waals surface area contributed by atoms with Gasteiger partial charge in [0.1, 0.15) is 0 Å². The Kier molecular flexibility index (Phi) is 2.59. The Bertz CT molecular complexity index is 170. The highest BCUT2D eigenvalue weighted by Crippen LogP contribution is 2.28. The van der Waals surface area contributed by atoms with Crippen molar-refractivity contribution in [2.45, 2.75) is 12.7 Å². The Balaban J connectivity index is 4.04. The molecule has 0 radical (unpaired) electrons. The van der Waals surface area contributed by atoms with E-state index in [2.05, 4.69) is 9.47 Å². The van der Waals surface area contributed by atoms with Crippen molar-refractivity contribution in [3.8, 4) is 6.26 Å². The summed E-state index contributed by atoms with van der Waals surface area (Å²) < 4.78 is 60.7. The molecule has 64 valence electrons. The summed E-state index contributed by atoms with van der Waals surface area (Å²) >= 11 is 0. The second-order valence-electron chi connectivity index (χ2n) is 1.20. The van der Waals surface area contributed by atoms with E-state index in [1.165, 1.54) is 0 Å². The zero-order chi connectivity index (χ0) is 9.12. The molecule has 8 heteroatoms. The zero-order valence-corrected chi connectivity index (χ0v) is 4.65. The number of nitrogens with zero attached hydrogens (tertiary/aromatic N) is 1. The molecule has 0 aromatic rings. The third-order valence-corrected chi connectivity index (χ3v) is 0.399. The SMILES string of the molecule is N#COC(F)(F)OC(F)(F)F. The molecule has 11 heavy (non-hydrogen) atoms. The lowest BCUT2D eigenvalue weighted by Crippen LogP contribution is -2.31. The van der Waals surface area contributed by atoms with Gasteiger partial charge in [-0.3, -0.25) is 0 Å². The standard InChI is InChI=1S/C3F5NO2/c4-2(5,6)11-3(7,8)10-1-9. The lowest BCUT2D eigenvalue weighted by molar-refractivity contribution is -0.484. The number of rotatable bonds is 2. The smallest absolute Gasteiger partial charge is 0.334 e.